The molecule has 1 aliphatic rings. The van der Waals surface area contributed by atoms with Gasteiger partial charge >= 0.3 is 5.97 Å². The number of sulfone groups is 1. The Morgan fingerprint density at radius 2 is 1.97 bits per heavy atom. The van der Waals surface area contributed by atoms with E-state index in [-0.39, 0.29) is 36.5 Å². The van der Waals surface area contributed by atoms with Crippen molar-refractivity contribution in [2.45, 2.75) is 52.5 Å². The lowest BCUT2D eigenvalue weighted by atomic mass is 10.0. The van der Waals surface area contributed by atoms with Crippen LogP contribution in [0.25, 0.3) is 11.0 Å². The maximum Gasteiger partial charge on any atom is 0.310 e. The highest BCUT2D eigenvalue weighted by molar-refractivity contribution is 7.91. The van der Waals surface area contributed by atoms with Gasteiger partial charge in [0.1, 0.15) is 5.58 Å². The maximum absolute atomic E-state index is 12.7. The summed E-state index contributed by atoms with van der Waals surface area (Å²) < 4.78 is 34.4. The first kappa shape index (κ1) is 22.3. The summed E-state index contributed by atoms with van der Waals surface area (Å²) in [6.07, 6.45) is 3.65. The van der Waals surface area contributed by atoms with Gasteiger partial charge in [-0.1, -0.05) is 13.3 Å². The molecule has 7 nitrogen and oxygen atoms in total. The number of unbranched alkanes of at least 4 members (excludes halogenated alkanes) is 1. The Morgan fingerprint density at radius 3 is 2.63 bits per heavy atom. The molecular formula is C22H29NO6S. The molecule has 164 valence electrons. The fourth-order valence-electron chi connectivity index (χ4n) is 3.77. The van der Waals surface area contributed by atoms with E-state index < -0.39 is 15.8 Å². The number of nitrogens with zero attached hydrogens (tertiary/aromatic N) is 1. The Labute approximate surface area is 177 Å². The van der Waals surface area contributed by atoms with Crippen LogP contribution >= 0.6 is 0 Å². The van der Waals surface area contributed by atoms with Crippen LogP contribution in [-0.2, 0) is 30.6 Å². The molecule has 0 aliphatic carbocycles. The number of ether oxygens (including phenoxy) is 1. The van der Waals surface area contributed by atoms with E-state index in [0.29, 0.717) is 18.5 Å². The van der Waals surface area contributed by atoms with Crippen LogP contribution in [0.5, 0.6) is 0 Å². The third-order valence-electron chi connectivity index (χ3n) is 5.68. The normalized spacial score (nSPS) is 17.9. The van der Waals surface area contributed by atoms with E-state index in [1.54, 1.807) is 11.2 Å². The summed E-state index contributed by atoms with van der Waals surface area (Å²) in [7, 11) is -3.10. The molecule has 0 saturated carbocycles. The topological polar surface area (TPSA) is 93.9 Å². The fraction of sp³-hybridized carbons (Fsp3) is 0.545. The van der Waals surface area contributed by atoms with Crippen LogP contribution in [0.2, 0.25) is 0 Å². The van der Waals surface area contributed by atoms with Crippen LogP contribution in [0.3, 0.4) is 0 Å². The third-order valence-corrected chi connectivity index (χ3v) is 7.43. The van der Waals surface area contributed by atoms with Crippen molar-refractivity contribution in [3.63, 3.8) is 0 Å². The molecule has 0 unspecified atom stereocenters. The first-order chi connectivity index (χ1) is 14.2. The van der Waals surface area contributed by atoms with Crippen LogP contribution in [0.15, 0.2) is 22.8 Å². The summed E-state index contributed by atoms with van der Waals surface area (Å²) in [6.45, 7) is 6.09. The van der Waals surface area contributed by atoms with E-state index in [9.17, 15) is 18.0 Å². The monoisotopic (exact) mass is 435 g/mol. The van der Waals surface area contributed by atoms with E-state index in [1.165, 1.54) is 0 Å². The van der Waals surface area contributed by atoms with Crippen molar-refractivity contribution < 1.29 is 27.2 Å². The van der Waals surface area contributed by atoms with Crippen LogP contribution in [0, 0.1) is 13.8 Å². The van der Waals surface area contributed by atoms with Gasteiger partial charge in [0.05, 0.1) is 24.2 Å². The largest absolute Gasteiger partial charge is 0.464 e. The van der Waals surface area contributed by atoms with E-state index in [1.807, 2.05) is 32.9 Å². The van der Waals surface area contributed by atoms with Gasteiger partial charge in [-0.3, -0.25) is 9.59 Å². The number of fused-ring (bicyclic) bond motifs is 1. The molecule has 0 radical (unpaired) electrons. The van der Waals surface area contributed by atoms with Crippen LogP contribution in [0.1, 0.15) is 42.9 Å². The Morgan fingerprint density at radius 1 is 1.23 bits per heavy atom. The Balaban J connectivity index is 1.61. The van der Waals surface area contributed by atoms with Crippen molar-refractivity contribution in [1.29, 1.82) is 0 Å². The number of esters is 1. The molecule has 0 spiro atoms. The predicted octanol–water partition coefficient (Wildman–Crippen LogP) is 2.95. The first-order valence-corrected chi connectivity index (χ1v) is 12.1. The zero-order chi connectivity index (χ0) is 21.9. The minimum Gasteiger partial charge on any atom is -0.464 e. The van der Waals surface area contributed by atoms with Crippen LogP contribution < -0.4 is 0 Å². The number of carbonyl (C=O) groups is 2. The number of furan rings is 1. The molecule has 1 amide bonds. The van der Waals surface area contributed by atoms with E-state index in [4.69, 9.17) is 9.15 Å². The molecule has 3 rings (SSSR count). The summed E-state index contributed by atoms with van der Waals surface area (Å²) in [5, 5.41) is 0.863. The summed E-state index contributed by atoms with van der Waals surface area (Å²) in [5.41, 5.74) is 3.64. The van der Waals surface area contributed by atoms with Crippen LogP contribution in [0.4, 0.5) is 0 Å². The maximum atomic E-state index is 12.7. The average Bonchev–Trinajstić information content (AvgIpc) is 3.23. The zero-order valence-corrected chi connectivity index (χ0v) is 18.6. The number of benzene rings is 1. The van der Waals surface area contributed by atoms with Gasteiger partial charge in [-0.25, -0.2) is 8.42 Å². The zero-order valence-electron chi connectivity index (χ0n) is 17.8. The number of hydrogen-bond donors (Lipinski definition) is 0. The molecule has 30 heavy (non-hydrogen) atoms. The number of rotatable bonds is 8. The lowest BCUT2D eigenvalue weighted by molar-refractivity contribution is -0.152. The summed E-state index contributed by atoms with van der Waals surface area (Å²) in [5.74, 6) is -0.781. The second-order valence-corrected chi connectivity index (χ2v) is 10.3. The lowest BCUT2D eigenvalue weighted by Gasteiger charge is -2.28. The van der Waals surface area contributed by atoms with Gasteiger partial charge in [-0.15, -0.1) is 0 Å². The van der Waals surface area contributed by atoms with E-state index in [0.717, 1.165) is 34.9 Å². The molecule has 1 aromatic carbocycles. The minimum absolute atomic E-state index is 0.00947. The SMILES string of the molecule is CCCCN(C(=O)COC(=O)Cc1coc2cc(C)c(C)cc12)[C@@H]1CCS(=O)(=O)C1. The van der Waals surface area contributed by atoms with Crippen molar-refractivity contribution in [2.24, 2.45) is 0 Å². The average molecular weight is 436 g/mol. The molecule has 0 bridgehead atoms. The molecule has 8 heteroatoms. The van der Waals surface area contributed by atoms with Gasteiger partial charge in [0, 0.05) is 23.5 Å². The summed E-state index contributed by atoms with van der Waals surface area (Å²) in [6, 6.07) is 3.58. The fourth-order valence-corrected chi connectivity index (χ4v) is 5.50. The minimum atomic E-state index is -3.10. The number of aryl methyl sites for hydroxylation is 2. The van der Waals surface area contributed by atoms with E-state index in [2.05, 4.69) is 0 Å². The second-order valence-electron chi connectivity index (χ2n) is 8.03. The molecule has 1 fully saturated rings. The van der Waals surface area contributed by atoms with E-state index >= 15 is 0 Å². The molecule has 1 aliphatic heterocycles. The van der Waals surface area contributed by atoms with Crippen molar-refractivity contribution >= 4 is 32.7 Å². The Hall–Kier alpha value is -2.35. The molecule has 1 saturated heterocycles. The van der Waals surface area contributed by atoms with Gasteiger partial charge in [0.15, 0.2) is 16.4 Å². The van der Waals surface area contributed by atoms with Crippen molar-refractivity contribution in [1.82, 2.24) is 4.90 Å². The molecule has 2 aromatic rings. The Kier molecular flexibility index (Phi) is 6.85. The van der Waals surface area contributed by atoms with Crippen LogP contribution in [-0.4, -0.2) is 55.9 Å². The summed E-state index contributed by atoms with van der Waals surface area (Å²) >= 11 is 0. The van der Waals surface area contributed by atoms with Crippen molar-refractivity contribution in [3.8, 4) is 0 Å². The number of amides is 1. The standard InChI is InChI=1S/C22H29NO6S/c1-4-5-7-23(18-6-8-30(26,27)14-18)21(24)13-29-22(25)11-17-12-28-20-10-16(3)15(2)9-19(17)20/h9-10,12,18H,4-8,11,13-14H2,1-3H3/t18-/m1/s1. The molecule has 0 N–H and O–H groups in total. The highest BCUT2D eigenvalue weighted by Crippen LogP contribution is 2.25. The van der Waals surface area contributed by atoms with Gasteiger partial charge in [0.2, 0.25) is 0 Å². The van der Waals surface area contributed by atoms with Gasteiger partial charge in [-0.2, -0.15) is 0 Å². The van der Waals surface area contributed by atoms with Crippen molar-refractivity contribution in [3.05, 3.63) is 35.1 Å². The Bertz CT molecular complexity index is 1040. The van der Waals surface area contributed by atoms with Crippen molar-refractivity contribution in [2.75, 3.05) is 24.7 Å². The second kappa shape index (κ2) is 9.20. The first-order valence-electron chi connectivity index (χ1n) is 10.3. The van der Waals surface area contributed by atoms with Gasteiger partial charge < -0.3 is 14.1 Å². The van der Waals surface area contributed by atoms with Gasteiger partial charge in [0.25, 0.3) is 5.91 Å². The quantitative estimate of drug-likeness (QED) is 0.592. The molecule has 1 aromatic heterocycles. The summed E-state index contributed by atoms with van der Waals surface area (Å²) in [4.78, 5) is 26.6. The molecule has 1 atom stereocenters. The molecular weight excluding hydrogens is 406 g/mol. The van der Waals surface area contributed by atoms with Gasteiger partial charge in [-0.05, 0) is 49.9 Å². The molecule has 2 heterocycles. The third kappa shape index (κ3) is 5.22. The predicted molar refractivity (Wildman–Crippen MR) is 114 cm³/mol. The smallest absolute Gasteiger partial charge is 0.310 e. The highest BCUT2D eigenvalue weighted by Gasteiger charge is 2.34. The number of hydrogen-bond acceptors (Lipinski definition) is 6. The highest BCUT2D eigenvalue weighted by atomic mass is 32.2. The lowest BCUT2D eigenvalue weighted by Crippen LogP contribution is -2.44. The number of carbonyl (C=O) groups excluding carboxylic acids is 2.